The van der Waals surface area contributed by atoms with Gasteiger partial charge < -0.3 is 9.15 Å². The second-order valence-electron chi connectivity index (χ2n) is 5.00. The van der Waals surface area contributed by atoms with Gasteiger partial charge in [0.1, 0.15) is 11.3 Å². The maximum absolute atomic E-state index is 13.0. The number of benzene rings is 2. The Morgan fingerprint density at radius 3 is 2.64 bits per heavy atom. The molecule has 0 aliphatic heterocycles. The van der Waals surface area contributed by atoms with Crippen molar-refractivity contribution in [2.24, 2.45) is 0 Å². The largest absolute Gasteiger partial charge is 0.469 e. The molecule has 0 aliphatic carbocycles. The minimum Gasteiger partial charge on any atom is -0.469 e. The zero-order chi connectivity index (χ0) is 15.7. The Balaban J connectivity index is 2.00. The number of rotatable bonds is 3. The summed E-state index contributed by atoms with van der Waals surface area (Å²) in [4.78, 5) is 16.0. The van der Waals surface area contributed by atoms with Gasteiger partial charge in [0, 0.05) is 5.56 Å². The average Bonchev–Trinajstić information content (AvgIpc) is 2.97. The van der Waals surface area contributed by atoms with Crippen LogP contribution in [0.25, 0.3) is 22.6 Å². The Morgan fingerprint density at radius 1 is 1.23 bits per heavy atom. The average molecular weight is 299 g/mol. The van der Waals surface area contributed by atoms with Crippen molar-refractivity contribution in [2.45, 2.75) is 12.8 Å². The molecule has 0 radical (unpaired) electrons. The number of methoxy groups -OCH3 is 1. The number of carbonyl (C=O) groups excluding carboxylic acids is 1. The van der Waals surface area contributed by atoms with E-state index in [0.29, 0.717) is 22.6 Å². The summed E-state index contributed by atoms with van der Waals surface area (Å²) >= 11 is 0. The fourth-order valence-corrected chi connectivity index (χ4v) is 2.24. The maximum atomic E-state index is 13.0. The van der Waals surface area contributed by atoms with Crippen LogP contribution in [0.2, 0.25) is 0 Å². The van der Waals surface area contributed by atoms with Crippen LogP contribution in [0.15, 0.2) is 46.9 Å². The van der Waals surface area contributed by atoms with Gasteiger partial charge in [0.15, 0.2) is 5.58 Å². The van der Waals surface area contributed by atoms with Gasteiger partial charge in [0.2, 0.25) is 5.89 Å². The molecule has 3 rings (SSSR count). The van der Waals surface area contributed by atoms with E-state index in [4.69, 9.17) is 9.15 Å². The van der Waals surface area contributed by atoms with E-state index >= 15 is 0 Å². The number of hydrogen-bond donors (Lipinski definition) is 0. The lowest BCUT2D eigenvalue weighted by molar-refractivity contribution is -0.141. The molecule has 4 nitrogen and oxygen atoms in total. The van der Waals surface area contributed by atoms with Crippen LogP contribution in [0.1, 0.15) is 18.4 Å². The van der Waals surface area contributed by atoms with Gasteiger partial charge in [0.05, 0.1) is 13.0 Å². The summed E-state index contributed by atoms with van der Waals surface area (Å²) in [5.74, 6) is -0.575. The van der Waals surface area contributed by atoms with Gasteiger partial charge in [-0.25, -0.2) is 9.37 Å². The van der Waals surface area contributed by atoms with Gasteiger partial charge in [0.25, 0.3) is 0 Å². The monoisotopic (exact) mass is 299 g/mol. The van der Waals surface area contributed by atoms with Crippen LogP contribution >= 0.6 is 0 Å². The van der Waals surface area contributed by atoms with Crippen molar-refractivity contribution < 1.29 is 18.3 Å². The van der Waals surface area contributed by atoms with E-state index in [1.807, 2.05) is 6.07 Å². The van der Waals surface area contributed by atoms with E-state index in [9.17, 15) is 9.18 Å². The van der Waals surface area contributed by atoms with Crippen LogP contribution in [-0.4, -0.2) is 18.1 Å². The van der Waals surface area contributed by atoms with Crippen molar-refractivity contribution in [1.29, 1.82) is 0 Å². The van der Waals surface area contributed by atoms with Crippen molar-refractivity contribution in [1.82, 2.24) is 4.98 Å². The summed E-state index contributed by atoms with van der Waals surface area (Å²) < 4.78 is 23.4. The van der Waals surface area contributed by atoms with Crippen LogP contribution in [0.4, 0.5) is 4.39 Å². The van der Waals surface area contributed by atoms with Gasteiger partial charge in [-0.15, -0.1) is 0 Å². The van der Waals surface area contributed by atoms with Crippen molar-refractivity contribution in [3.63, 3.8) is 0 Å². The quantitative estimate of drug-likeness (QED) is 0.688. The van der Waals surface area contributed by atoms with E-state index in [1.54, 1.807) is 31.2 Å². The van der Waals surface area contributed by atoms with Crippen molar-refractivity contribution in [3.8, 4) is 11.5 Å². The number of ether oxygens (including phenoxy) is 1. The molecule has 0 bridgehead atoms. The van der Waals surface area contributed by atoms with Crippen LogP contribution in [0.3, 0.4) is 0 Å². The topological polar surface area (TPSA) is 52.3 Å². The van der Waals surface area contributed by atoms with Gasteiger partial charge in [-0.2, -0.15) is 0 Å². The predicted octanol–water partition coefficient (Wildman–Crippen LogP) is 3.91. The molecule has 0 saturated heterocycles. The number of aromatic nitrogens is 1. The Hall–Kier alpha value is -2.69. The molecular formula is C17H14FNO3. The smallest absolute Gasteiger partial charge is 0.312 e. The molecule has 22 heavy (non-hydrogen) atoms. The fourth-order valence-electron chi connectivity index (χ4n) is 2.24. The molecular weight excluding hydrogens is 285 g/mol. The zero-order valence-corrected chi connectivity index (χ0v) is 12.2. The minimum atomic E-state index is -0.375. The van der Waals surface area contributed by atoms with E-state index in [2.05, 4.69) is 4.98 Å². The number of halogens is 1. The molecule has 0 aliphatic rings. The summed E-state index contributed by atoms with van der Waals surface area (Å²) in [5.41, 5.74) is 2.76. The number of esters is 1. The SMILES string of the molecule is COC(=O)C(C)c1ccc2oc(-c3ccc(F)cc3)nc2c1. The molecule has 1 aromatic heterocycles. The number of nitrogens with zero attached hydrogens (tertiary/aromatic N) is 1. The molecule has 0 N–H and O–H groups in total. The molecule has 5 heteroatoms. The highest BCUT2D eigenvalue weighted by molar-refractivity contribution is 5.82. The summed E-state index contributed by atoms with van der Waals surface area (Å²) in [7, 11) is 1.36. The molecule has 0 fully saturated rings. The molecule has 2 aromatic carbocycles. The Labute approximate surface area is 126 Å². The summed E-state index contributed by atoms with van der Waals surface area (Å²) in [5, 5.41) is 0. The van der Waals surface area contributed by atoms with Gasteiger partial charge in [-0.05, 0) is 48.9 Å². The van der Waals surface area contributed by atoms with E-state index < -0.39 is 0 Å². The van der Waals surface area contributed by atoms with Crippen molar-refractivity contribution in [3.05, 3.63) is 53.8 Å². The van der Waals surface area contributed by atoms with Crippen LogP contribution in [0, 0.1) is 5.82 Å². The highest BCUT2D eigenvalue weighted by atomic mass is 19.1. The van der Waals surface area contributed by atoms with Crippen molar-refractivity contribution in [2.75, 3.05) is 7.11 Å². The lowest BCUT2D eigenvalue weighted by atomic mass is 10.0. The second-order valence-corrected chi connectivity index (χ2v) is 5.00. The molecule has 1 unspecified atom stereocenters. The molecule has 3 aromatic rings. The Morgan fingerprint density at radius 2 is 1.95 bits per heavy atom. The number of carbonyl (C=O) groups is 1. The van der Waals surface area contributed by atoms with E-state index in [1.165, 1.54) is 19.2 Å². The Bertz CT molecular complexity index is 824. The van der Waals surface area contributed by atoms with Gasteiger partial charge >= 0.3 is 5.97 Å². The lowest BCUT2D eigenvalue weighted by Crippen LogP contribution is -2.10. The number of hydrogen-bond acceptors (Lipinski definition) is 4. The molecule has 0 saturated carbocycles. The second kappa shape index (κ2) is 5.60. The minimum absolute atomic E-state index is 0.304. The summed E-state index contributed by atoms with van der Waals surface area (Å²) in [6, 6.07) is 11.3. The molecule has 0 spiro atoms. The van der Waals surface area contributed by atoms with Crippen molar-refractivity contribution >= 4 is 17.1 Å². The molecule has 1 heterocycles. The van der Waals surface area contributed by atoms with Crippen LogP contribution < -0.4 is 0 Å². The summed E-state index contributed by atoms with van der Waals surface area (Å²) in [6.07, 6.45) is 0. The first-order valence-electron chi connectivity index (χ1n) is 6.83. The Kier molecular flexibility index (Phi) is 3.63. The van der Waals surface area contributed by atoms with Gasteiger partial charge in [-0.3, -0.25) is 4.79 Å². The lowest BCUT2D eigenvalue weighted by Gasteiger charge is -2.08. The first-order chi connectivity index (χ1) is 10.6. The first-order valence-corrected chi connectivity index (χ1v) is 6.83. The third kappa shape index (κ3) is 2.57. The third-order valence-corrected chi connectivity index (χ3v) is 3.56. The number of fused-ring (bicyclic) bond motifs is 1. The normalized spacial score (nSPS) is 12.3. The zero-order valence-electron chi connectivity index (χ0n) is 12.2. The van der Waals surface area contributed by atoms with E-state index in [0.717, 1.165) is 5.56 Å². The van der Waals surface area contributed by atoms with Crippen LogP contribution in [0.5, 0.6) is 0 Å². The first kappa shape index (κ1) is 14.3. The highest BCUT2D eigenvalue weighted by Crippen LogP contribution is 2.27. The molecule has 1 atom stereocenters. The molecule has 0 amide bonds. The highest BCUT2D eigenvalue weighted by Gasteiger charge is 2.17. The summed E-state index contributed by atoms with van der Waals surface area (Å²) in [6.45, 7) is 1.77. The fraction of sp³-hybridized carbons (Fsp3) is 0.176. The number of oxazole rings is 1. The predicted molar refractivity (Wildman–Crippen MR) is 79.8 cm³/mol. The third-order valence-electron chi connectivity index (χ3n) is 3.56. The standard InChI is InChI=1S/C17H14FNO3/c1-10(17(20)21-2)12-5-8-15-14(9-12)19-16(22-15)11-3-6-13(18)7-4-11/h3-10H,1-2H3. The van der Waals surface area contributed by atoms with Gasteiger partial charge in [-0.1, -0.05) is 6.07 Å². The van der Waals surface area contributed by atoms with E-state index in [-0.39, 0.29) is 17.7 Å². The van der Waals surface area contributed by atoms with Crippen LogP contribution in [-0.2, 0) is 9.53 Å². The molecule has 112 valence electrons. The maximum Gasteiger partial charge on any atom is 0.312 e.